The van der Waals surface area contributed by atoms with Crippen LogP contribution in [0.15, 0.2) is 72.8 Å². The fourth-order valence-electron chi connectivity index (χ4n) is 2.77. The molecule has 0 radical (unpaired) electrons. The van der Waals surface area contributed by atoms with Gasteiger partial charge in [-0.1, -0.05) is 37.3 Å². The fourth-order valence-corrected chi connectivity index (χ4v) is 2.77. The number of hydrogen-bond donors (Lipinski definition) is 2. The van der Waals surface area contributed by atoms with Crippen molar-refractivity contribution >= 4 is 23.2 Å². The number of ether oxygens (including phenoxy) is 1. The van der Waals surface area contributed by atoms with E-state index in [0.29, 0.717) is 34.7 Å². The van der Waals surface area contributed by atoms with Crippen LogP contribution >= 0.6 is 0 Å². The Hall–Kier alpha value is -4.11. The lowest BCUT2D eigenvalue weighted by Gasteiger charge is -2.10. The molecule has 0 aromatic heterocycles. The van der Waals surface area contributed by atoms with Gasteiger partial charge in [-0.3, -0.25) is 9.59 Å². The first-order valence-electron chi connectivity index (χ1n) is 9.51. The molecule has 2 N–H and O–H groups in total. The summed E-state index contributed by atoms with van der Waals surface area (Å²) < 4.78 is 5.77. The molecule has 3 aromatic rings. The molecule has 0 fully saturated rings. The normalized spacial score (nSPS) is 10.0. The molecule has 0 spiro atoms. The predicted molar refractivity (Wildman–Crippen MR) is 115 cm³/mol. The van der Waals surface area contributed by atoms with E-state index >= 15 is 0 Å². The zero-order valence-corrected chi connectivity index (χ0v) is 16.5. The van der Waals surface area contributed by atoms with Crippen LogP contribution in [0.4, 0.5) is 11.4 Å². The first kappa shape index (κ1) is 20.6. The van der Waals surface area contributed by atoms with Crippen molar-refractivity contribution < 1.29 is 14.3 Å². The van der Waals surface area contributed by atoms with Crippen LogP contribution in [0.1, 0.15) is 34.8 Å². The number of hydrogen-bond acceptors (Lipinski definition) is 4. The Morgan fingerprint density at radius 1 is 0.933 bits per heavy atom. The topological polar surface area (TPSA) is 91.2 Å². The molecule has 150 valence electrons. The smallest absolute Gasteiger partial charge is 0.255 e. The van der Waals surface area contributed by atoms with Crippen LogP contribution in [-0.4, -0.2) is 11.8 Å². The zero-order valence-electron chi connectivity index (χ0n) is 16.5. The standard InChI is InChI=1S/C24H21N3O3/c1-2-23(28)26-20-10-6-11-21(14-20)27-24(29)17-9-5-12-22(13-17)30-16-19-8-4-3-7-18(19)15-25/h3-14H,2,16H2,1H3,(H,26,28)(H,27,29). The van der Waals surface area contributed by atoms with Crippen molar-refractivity contribution in [3.05, 3.63) is 89.5 Å². The minimum Gasteiger partial charge on any atom is -0.489 e. The van der Waals surface area contributed by atoms with Crippen LogP contribution < -0.4 is 15.4 Å². The van der Waals surface area contributed by atoms with E-state index in [2.05, 4.69) is 16.7 Å². The third-order valence-electron chi connectivity index (χ3n) is 4.35. The van der Waals surface area contributed by atoms with Gasteiger partial charge in [-0.05, 0) is 42.5 Å². The molecule has 3 rings (SSSR count). The van der Waals surface area contributed by atoms with Crippen LogP contribution in [-0.2, 0) is 11.4 Å². The SMILES string of the molecule is CCC(=O)Nc1cccc(NC(=O)c2cccc(OCc3ccccc3C#N)c2)c1. The Kier molecular flexibility index (Phi) is 6.80. The summed E-state index contributed by atoms with van der Waals surface area (Å²) >= 11 is 0. The molecule has 0 aliphatic rings. The van der Waals surface area contributed by atoms with Crippen molar-refractivity contribution in [3.8, 4) is 11.8 Å². The number of benzene rings is 3. The molecule has 0 saturated heterocycles. The molecular weight excluding hydrogens is 378 g/mol. The molecule has 0 aliphatic carbocycles. The van der Waals surface area contributed by atoms with Crippen LogP contribution in [0.2, 0.25) is 0 Å². The highest BCUT2D eigenvalue weighted by molar-refractivity contribution is 6.05. The van der Waals surface area contributed by atoms with Gasteiger partial charge in [0, 0.05) is 28.9 Å². The lowest BCUT2D eigenvalue weighted by molar-refractivity contribution is -0.115. The van der Waals surface area contributed by atoms with E-state index in [1.165, 1.54) is 0 Å². The van der Waals surface area contributed by atoms with E-state index in [0.717, 1.165) is 5.56 Å². The van der Waals surface area contributed by atoms with Gasteiger partial charge in [0.2, 0.25) is 5.91 Å². The van der Waals surface area contributed by atoms with Crippen molar-refractivity contribution in [2.45, 2.75) is 20.0 Å². The van der Waals surface area contributed by atoms with Crippen LogP contribution in [0.25, 0.3) is 0 Å². The van der Waals surface area contributed by atoms with Gasteiger partial charge >= 0.3 is 0 Å². The van der Waals surface area contributed by atoms with Gasteiger partial charge in [0.1, 0.15) is 12.4 Å². The maximum absolute atomic E-state index is 12.6. The maximum Gasteiger partial charge on any atom is 0.255 e. The number of carbonyl (C=O) groups is 2. The monoisotopic (exact) mass is 399 g/mol. The summed E-state index contributed by atoms with van der Waals surface area (Å²) in [6.45, 7) is 2.00. The Morgan fingerprint density at radius 2 is 1.67 bits per heavy atom. The molecule has 0 atom stereocenters. The maximum atomic E-state index is 12.6. The second kappa shape index (κ2) is 9.89. The second-order valence-electron chi connectivity index (χ2n) is 6.52. The minimum atomic E-state index is -0.295. The van der Waals surface area contributed by atoms with Gasteiger partial charge in [-0.15, -0.1) is 0 Å². The summed E-state index contributed by atoms with van der Waals surface area (Å²) in [6, 6.07) is 23.1. The molecule has 0 heterocycles. The largest absolute Gasteiger partial charge is 0.489 e. The third kappa shape index (κ3) is 5.46. The summed E-state index contributed by atoms with van der Waals surface area (Å²) in [4.78, 5) is 24.2. The molecule has 0 aliphatic heterocycles. The van der Waals surface area contributed by atoms with Crippen molar-refractivity contribution in [1.82, 2.24) is 0 Å². The van der Waals surface area contributed by atoms with E-state index in [-0.39, 0.29) is 18.4 Å². The second-order valence-corrected chi connectivity index (χ2v) is 6.52. The summed E-state index contributed by atoms with van der Waals surface area (Å²) in [5.74, 6) is 0.137. The average Bonchev–Trinajstić information content (AvgIpc) is 2.78. The van der Waals surface area contributed by atoms with E-state index in [1.54, 1.807) is 67.6 Å². The van der Waals surface area contributed by atoms with Gasteiger partial charge < -0.3 is 15.4 Å². The van der Waals surface area contributed by atoms with E-state index < -0.39 is 0 Å². The van der Waals surface area contributed by atoms with E-state index in [4.69, 9.17) is 4.74 Å². The lowest BCUT2D eigenvalue weighted by Crippen LogP contribution is -2.13. The average molecular weight is 399 g/mol. The first-order chi connectivity index (χ1) is 14.6. The van der Waals surface area contributed by atoms with Crippen LogP contribution in [0.3, 0.4) is 0 Å². The highest BCUT2D eigenvalue weighted by Crippen LogP contribution is 2.19. The third-order valence-corrected chi connectivity index (χ3v) is 4.35. The highest BCUT2D eigenvalue weighted by Gasteiger charge is 2.09. The van der Waals surface area contributed by atoms with Crippen LogP contribution in [0.5, 0.6) is 5.75 Å². The number of nitrogens with zero attached hydrogens (tertiary/aromatic N) is 1. The minimum absolute atomic E-state index is 0.0960. The summed E-state index contributed by atoms with van der Waals surface area (Å²) in [7, 11) is 0. The van der Waals surface area contributed by atoms with Gasteiger partial charge in [-0.25, -0.2) is 0 Å². The van der Waals surface area contributed by atoms with E-state index in [1.807, 2.05) is 12.1 Å². The molecule has 6 heteroatoms. The molecule has 2 amide bonds. The Bertz CT molecular complexity index is 1100. The van der Waals surface area contributed by atoms with Gasteiger partial charge in [0.15, 0.2) is 0 Å². The fraction of sp³-hybridized carbons (Fsp3) is 0.125. The van der Waals surface area contributed by atoms with Gasteiger partial charge in [0.25, 0.3) is 5.91 Å². The lowest BCUT2D eigenvalue weighted by atomic mass is 10.1. The quantitative estimate of drug-likeness (QED) is 0.600. The van der Waals surface area contributed by atoms with E-state index in [9.17, 15) is 14.9 Å². The molecule has 3 aromatic carbocycles. The molecule has 0 saturated carbocycles. The highest BCUT2D eigenvalue weighted by atomic mass is 16.5. The van der Waals surface area contributed by atoms with Crippen molar-refractivity contribution in [2.75, 3.05) is 10.6 Å². The van der Waals surface area contributed by atoms with Crippen molar-refractivity contribution in [2.24, 2.45) is 0 Å². The summed E-state index contributed by atoms with van der Waals surface area (Å²) in [5, 5.41) is 14.8. The Labute approximate surface area is 175 Å². The summed E-state index contributed by atoms with van der Waals surface area (Å²) in [5.41, 5.74) is 2.96. The molecular formula is C24H21N3O3. The molecule has 0 bridgehead atoms. The zero-order chi connectivity index (χ0) is 21.3. The van der Waals surface area contributed by atoms with Crippen LogP contribution in [0, 0.1) is 11.3 Å². The number of rotatable bonds is 7. The number of nitrogens with one attached hydrogen (secondary N) is 2. The van der Waals surface area contributed by atoms with Crippen molar-refractivity contribution in [1.29, 1.82) is 5.26 Å². The number of amides is 2. The Morgan fingerprint density at radius 3 is 2.43 bits per heavy atom. The molecule has 0 unspecified atom stereocenters. The van der Waals surface area contributed by atoms with Gasteiger partial charge in [0.05, 0.1) is 11.6 Å². The Balaban J connectivity index is 1.67. The van der Waals surface area contributed by atoms with Gasteiger partial charge in [-0.2, -0.15) is 5.26 Å². The number of nitriles is 1. The molecule has 30 heavy (non-hydrogen) atoms. The molecule has 6 nitrogen and oxygen atoms in total. The summed E-state index contributed by atoms with van der Waals surface area (Å²) in [6.07, 6.45) is 0.377. The number of anilines is 2. The number of carbonyl (C=O) groups excluding carboxylic acids is 2. The first-order valence-corrected chi connectivity index (χ1v) is 9.51. The van der Waals surface area contributed by atoms with Crippen molar-refractivity contribution in [3.63, 3.8) is 0 Å². The predicted octanol–water partition coefficient (Wildman–Crippen LogP) is 4.74.